The molecule has 0 heterocycles. The number of nitrogens with two attached hydrogens (primary N) is 1. The van der Waals surface area contributed by atoms with E-state index in [2.05, 4.69) is 37.2 Å². The molecule has 2 aromatic rings. The van der Waals surface area contributed by atoms with Crippen molar-refractivity contribution in [2.24, 2.45) is 5.73 Å². The summed E-state index contributed by atoms with van der Waals surface area (Å²) in [5.41, 5.74) is 7.03. The molecule has 0 saturated carbocycles. The van der Waals surface area contributed by atoms with E-state index in [1.54, 1.807) is 42.5 Å². The summed E-state index contributed by atoms with van der Waals surface area (Å²) in [7, 11) is 0. The fourth-order valence-corrected chi connectivity index (χ4v) is 3.45. The molecule has 0 unspecified atom stereocenters. The Hall–Kier alpha value is -2.17. The number of carbonyl (C=O) groups excluding carboxylic acids is 2. The molecule has 2 aromatic carbocycles. The van der Waals surface area contributed by atoms with Crippen LogP contribution in [0.5, 0.6) is 0 Å². The first kappa shape index (κ1) is 18.2. The largest absolute Gasteiger partial charge is 0.368 e. The second kappa shape index (κ2) is 8.08. The van der Waals surface area contributed by atoms with E-state index in [9.17, 15) is 9.59 Å². The molecule has 3 N–H and O–H groups in total. The minimum absolute atomic E-state index is 0.214. The van der Waals surface area contributed by atoms with E-state index in [1.807, 2.05) is 6.07 Å². The smallest absolute Gasteiger partial charge is 0.252 e. The molecule has 0 aromatic heterocycles. The molecule has 0 spiro atoms. The van der Waals surface area contributed by atoms with E-state index in [0.717, 1.165) is 14.5 Å². The SMILES string of the molecule is N#Cc1cccc(C[C@H](NC(=O)c2cc(Br)cc(Br)c2)C(N)=O)c1. The minimum atomic E-state index is -0.871. The Kier molecular flexibility index (Phi) is 6.12. The molecule has 2 rings (SSSR count). The zero-order valence-corrected chi connectivity index (χ0v) is 15.6. The van der Waals surface area contributed by atoms with Crippen LogP contribution in [0, 0.1) is 11.3 Å². The highest BCUT2D eigenvalue weighted by Crippen LogP contribution is 2.20. The molecule has 0 aliphatic rings. The van der Waals surface area contributed by atoms with Crippen molar-refractivity contribution >= 4 is 43.7 Å². The van der Waals surface area contributed by atoms with Gasteiger partial charge in [0.25, 0.3) is 5.91 Å². The fourth-order valence-electron chi connectivity index (χ4n) is 2.15. The zero-order chi connectivity index (χ0) is 17.7. The molecule has 0 saturated heterocycles. The predicted molar refractivity (Wildman–Crippen MR) is 97.2 cm³/mol. The van der Waals surface area contributed by atoms with Gasteiger partial charge in [-0.05, 0) is 35.9 Å². The summed E-state index contributed by atoms with van der Waals surface area (Å²) >= 11 is 6.63. The first-order chi connectivity index (χ1) is 11.4. The Labute approximate surface area is 156 Å². The average Bonchev–Trinajstić information content (AvgIpc) is 2.53. The lowest BCUT2D eigenvalue weighted by atomic mass is 10.0. The van der Waals surface area contributed by atoms with Gasteiger partial charge in [0.1, 0.15) is 6.04 Å². The van der Waals surface area contributed by atoms with Crippen molar-refractivity contribution in [3.05, 3.63) is 68.1 Å². The minimum Gasteiger partial charge on any atom is -0.368 e. The van der Waals surface area contributed by atoms with E-state index in [-0.39, 0.29) is 6.42 Å². The summed E-state index contributed by atoms with van der Waals surface area (Å²) in [6, 6.07) is 13.1. The number of hydrogen-bond acceptors (Lipinski definition) is 3. The Balaban J connectivity index is 2.17. The van der Waals surface area contributed by atoms with E-state index >= 15 is 0 Å². The standard InChI is InChI=1S/C17H13Br2N3O2/c18-13-6-12(7-14(19)8-13)17(24)22-15(16(21)23)5-10-2-1-3-11(4-10)9-20/h1-4,6-8,15H,5H2,(H2,21,23)(H,22,24)/t15-/m0/s1. The number of carbonyl (C=O) groups is 2. The first-order valence-electron chi connectivity index (χ1n) is 6.94. The predicted octanol–water partition coefficient (Wildman–Crippen LogP) is 2.91. The maximum absolute atomic E-state index is 12.4. The summed E-state index contributed by atoms with van der Waals surface area (Å²) in [5, 5.41) is 11.6. The van der Waals surface area contributed by atoms with Gasteiger partial charge in [0.15, 0.2) is 0 Å². The lowest BCUT2D eigenvalue weighted by Crippen LogP contribution is -2.45. The Morgan fingerprint density at radius 1 is 1.17 bits per heavy atom. The molecule has 24 heavy (non-hydrogen) atoms. The average molecular weight is 451 g/mol. The van der Waals surface area contributed by atoms with Crippen molar-refractivity contribution in [2.75, 3.05) is 0 Å². The normalized spacial score (nSPS) is 11.4. The monoisotopic (exact) mass is 449 g/mol. The van der Waals surface area contributed by atoms with Gasteiger partial charge in [-0.15, -0.1) is 0 Å². The van der Waals surface area contributed by atoms with Crippen LogP contribution in [0.4, 0.5) is 0 Å². The first-order valence-corrected chi connectivity index (χ1v) is 8.53. The van der Waals surface area contributed by atoms with Crippen LogP contribution in [0.15, 0.2) is 51.4 Å². The number of nitriles is 1. The highest BCUT2D eigenvalue weighted by Gasteiger charge is 2.20. The number of benzene rings is 2. The second-order valence-corrected chi connectivity index (χ2v) is 6.93. The lowest BCUT2D eigenvalue weighted by Gasteiger charge is -2.16. The third-order valence-electron chi connectivity index (χ3n) is 3.27. The van der Waals surface area contributed by atoms with Gasteiger partial charge in [0.05, 0.1) is 11.6 Å². The van der Waals surface area contributed by atoms with Crippen LogP contribution in [-0.2, 0) is 11.2 Å². The number of nitrogens with one attached hydrogen (secondary N) is 1. The van der Waals surface area contributed by atoms with Crippen molar-refractivity contribution in [3.8, 4) is 6.07 Å². The topological polar surface area (TPSA) is 96.0 Å². The molecule has 0 radical (unpaired) electrons. The molecule has 2 amide bonds. The highest BCUT2D eigenvalue weighted by atomic mass is 79.9. The Bertz CT molecular complexity index is 811. The van der Waals surface area contributed by atoms with E-state index < -0.39 is 17.9 Å². The van der Waals surface area contributed by atoms with Gasteiger partial charge in [-0.1, -0.05) is 44.0 Å². The maximum atomic E-state index is 12.4. The number of primary amides is 1. The van der Waals surface area contributed by atoms with Gasteiger partial charge in [-0.3, -0.25) is 9.59 Å². The maximum Gasteiger partial charge on any atom is 0.252 e. The van der Waals surface area contributed by atoms with Gasteiger partial charge >= 0.3 is 0 Å². The lowest BCUT2D eigenvalue weighted by molar-refractivity contribution is -0.119. The molecule has 0 fully saturated rings. The van der Waals surface area contributed by atoms with Crippen molar-refractivity contribution in [2.45, 2.75) is 12.5 Å². The van der Waals surface area contributed by atoms with Crippen molar-refractivity contribution in [1.82, 2.24) is 5.32 Å². The third kappa shape index (κ3) is 4.91. The molecular formula is C17H13Br2N3O2. The number of hydrogen-bond donors (Lipinski definition) is 2. The summed E-state index contributed by atoms with van der Waals surface area (Å²) in [6.07, 6.45) is 0.214. The molecule has 7 heteroatoms. The molecule has 0 bridgehead atoms. The summed E-state index contributed by atoms with van der Waals surface area (Å²) in [6.45, 7) is 0. The van der Waals surface area contributed by atoms with Gasteiger partial charge in [-0.25, -0.2) is 0 Å². The summed E-state index contributed by atoms with van der Waals surface area (Å²) in [5.74, 6) is -1.04. The van der Waals surface area contributed by atoms with Crippen LogP contribution >= 0.6 is 31.9 Å². The molecular weight excluding hydrogens is 438 g/mol. The number of nitrogens with zero attached hydrogens (tertiary/aromatic N) is 1. The van der Waals surface area contributed by atoms with Crippen molar-refractivity contribution < 1.29 is 9.59 Å². The second-order valence-electron chi connectivity index (χ2n) is 5.10. The van der Waals surface area contributed by atoms with E-state index in [4.69, 9.17) is 11.0 Å². The Morgan fingerprint density at radius 2 is 1.83 bits per heavy atom. The fraction of sp³-hybridized carbons (Fsp3) is 0.118. The van der Waals surface area contributed by atoms with Crippen LogP contribution in [0.25, 0.3) is 0 Å². The van der Waals surface area contributed by atoms with Crippen molar-refractivity contribution in [3.63, 3.8) is 0 Å². The van der Waals surface area contributed by atoms with Crippen LogP contribution in [0.1, 0.15) is 21.5 Å². The van der Waals surface area contributed by atoms with Crippen LogP contribution in [0.3, 0.4) is 0 Å². The van der Waals surface area contributed by atoms with Gasteiger partial charge < -0.3 is 11.1 Å². The Morgan fingerprint density at radius 3 is 2.42 bits per heavy atom. The zero-order valence-electron chi connectivity index (χ0n) is 12.4. The third-order valence-corrected chi connectivity index (χ3v) is 4.19. The number of halogens is 2. The number of rotatable bonds is 5. The van der Waals surface area contributed by atoms with Gasteiger partial charge in [0.2, 0.25) is 5.91 Å². The quantitative estimate of drug-likeness (QED) is 0.732. The van der Waals surface area contributed by atoms with Crippen molar-refractivity contribution in [1.29, 1.82) is 5.26 Å². The summed E-state index contributed by atoms with van der Waals surface area (Å²) in [4.78, 5) is 24.0. The molecule has 1 atom stereocenters. The van der Waals surface area contributed by atoms with Crippen LogP contribution < -0.4 is 11.1 Å². The number of amides is 2. The van der Waals surface area contributed by atoms with Crippen LogP contribution in [-0.4, -0.2) is 17.9 Å². The molecule has 5 nitrogen and oxygen atoms in total. The molecule has 0 aliphatic carbocycles. The van der Waals surface area contributed by atoms with Gasteiger partial charge in [-0.2, -0.15) is 5.26 Å². The molecule has 0 aliphatic heterocycles. The van der Waals surface area contributed by atoms with E-state index in [1.165, 1.54) is 0 Å². The van der Waals surface area contributed by atoms with Gasteiger partial charge in [0, 0.05) is 20.9 Å². The summed E-state index contributed by atoms with van der Waals surface area (Å²) < 4.78 is 1.47. The van der Waals surface area contributed by atoms with E-state index in [0.29, 0.717) is 11.1 Å². The highest BCUT2D eigenvalue weighted by molar-refractivity contribution is 9.11. The van der Waals surface area contributed by atoms with Crippen LogP contribution in [0.2, 0.25) is 0 Å². The molecule has 122 valence electrons.